The molecule has 1 unspecified atom stereocenters. The molecule has 1 aliphatic rings. The van der Waals surface area contributed by atoms with Crippen LogP contribution in [0.4, 0.5) is 0 Å². The van der Waals surface area contributed by atoms with Crippen LogP contribution in [0.5, 0.6) is 0 Å². The molecular formula is C27H37N5O. The summed E-state index contributed by atoms with van der Waals surface area (Å²) >= 11 is 0. The normalized spacial score (nSPS) is 16.9. The molecule has 1 N–H and O–H groups in total. The van der Waals surface area contributed by atoms with Crippen molar-refractivity contribution in [1.82, 2.24) is 24.8 Å². The van der Waals surface area contributed by atoms with Crippen molar-refractivity contribution >= 4 is 11.6 Å². The van der Waals surface area contributed by atoms with Crippen LogP contribution in [0.3, 0.4) is 0 Å². The van der Waals surface area contributed by atoms with Crippen molar-refractivity contribution in [2.45, 2.75) is 78.8 Å². The second-order valence-corrected chi connectivity index (χ2v) is 9.42. The Labute approximate surface area is 197 Å². The van der Waals surface area contributed by atoms with Crippen LogP contribution in [0.2, 0.25) is 0 Å². The summed E-state index contributed by atoms with van der Waals surface area (Å²) in [6.07, 6.45) is 5.71. The molecule has 2 aromatic heterocycles. The summed E-state index contributed by atoms with van der Waals surface area (Å²) in [7, 11) is 0. The molecule has 0 radical (unpaired) electrons. The number of hydrogen-bond donors (Lipinski definition) is 1. The van der Waals surface area contributed by atoms with E-state index in [4.69, 9.17) is 10.1 Å². The van der Waals surface area contributed by atoms with Gasteiger partial charge >= 0.3 is 0 Å². The van der Waals surface area contributed by atoms with Gasteiger partial charge in [0.1, 0.15) is 0 Å². The lowest BCUT2D eigenvalue weighted by Gasteiger charge is -2.34. The Morgan fingerprint density at radius 3 is 2.82 bits per heavy atom. The van der Waals surface area contributed by atoms with Crippen LogP contribution in [0.25, 0.3) is 5.65 Å². The molecule has 0 spiro atoms. The number of nitrogens with one attached hydrogen (secondary N) is 1. The van der Waals surface area contributed by atoms with Crippen molar-refractivity contribution in [2.24, 2.45) is 0 Å². The molecule has 1 amide bonds. The molecule has 0 saturated carbocycles. The van der Waals surface area contributed by atoms with Crippen molar-refractivity contribution in [3.8, 4) is 0 Å². The first kappa shape index (κ1) is 23.4. The van der Waals surface area contributed by atoms with Crippen LogP contribution >= 0.6 is 0 Å². The molecular weight excluding hydrogens is 410 g/mol. The lowest BCUT2D eigenvalue weighted by atomic mass is 9.98. The minimum atomic E-state index is 0.103. The number of carbonyl (C=O) groups excluding carboxylic acids is 1. The van der Waals surface area contributed by atoms with Crippen LogP contribution in [0.1, 0.15) is 78.8 Å². The van der Waals surface area contributed by atoms with Gasteiger partial charge in [-0.1, -0.05) is 43.2 Å². The van der Waals surface area contributed by atoms with E-state index in [0.717, 1.165) is 60.8 Å². The van der Waals surface area contributed by atoms with E-state index in [9.17, 15) is 4.79 Å². The zero-order chi connectivity index (χ0) is 23.4. The molecule has 1 aliphatic heterocycles. The first-order valence-corrected chi connectivity index (χ1v) is 12.4. The smallest absolute Gasteiger partial charge is 0.220 e. The Hall–Kier alpha value is -2.73. The number of fused-ring (bicyclic) bond motifs is 1. The van der Waals surface area contributed by atoms with Crippen molar-refractivity contribution in [2.75, 3.05) is 13.1 Å². The van der Waals surface area contributed by atoms with Crippen LogP contribution in [0, 0.1) is 20.8 Å². The van der Waals surface area contributed by atoms with Crippen molar-refractivity contribution < 1.29 is 4.79 Å². The fourth-order valence-corrected chi connectivity index (χ4v) is 5.02. The molecule has 176 valence electrons. The van der Waals surface area contributed by atoms with Gasteiger partial charge in [0.2, 0.25) is 5.91 Å². The third-order valence-electron chi connectivity index (χ3n) is 6.78. The number of amides is 1. The summed E-state index contributed by atoms with van der Waals surface area (Å²) in [6, 6.07) is 11.3. The summed E-state index contributed by atoms with van der Waals surface area (Å²) in [5, 5.41) is 8.00. The predicted molar refractivity (Wildman–Crippen MR) is 132 cm³/mol. The van der Waals surface area contributed by atoms with Crippen LogP contribution in [-0.4, -0.2) is 38.5 Å². The SMILES string of the molecule is CCCNC(=O)CCc1c(C)nc2cc(C3CCCCN3Cc3cccc(C)c3)nn2c1C. The fraction of sp³-hybridized carbons (Fsp3) is 0.519. The zero-order valence-electron chi connectivity index (χ0n) is 20.5. The van der Waals surface area contributed by atoms with Gasteiger partial charge in [0, 0.05) is 37.0 Å². The number of aromatic nitrogens is 3. The van der Waals surface area contributed by atoms with E-state index < -0.39 is 0 Å². The maximum Gasteiger partial charge on any atom is 0.220 e. The minimum absolute atomic E-state index is 0.103. The zero-order valence-corrected chi connectivity index (χ0v) is 20.5. The van der Waals surface area contributed by atoms with Gasteiger partial charge in [0.15, 0.2) is 5.65 Å². The maximum atomic E-state index is 12.1. The second-order valence-electron chi connectivity index (χ2n) is 9.42. The van der Waals surface area contributed by atoms with E-state index >= 15 is 0 Å². The predicted octanol–water partition coefficient (Wildman–Crippen LogP) is 4.84. The molecule has 0 bridgehead atoms. The minimum Gasteiger partial charge on any atom is -0.356 e. The number of nitrogens with zero attached hydrogens (tertiary/aromatic N) is 4. The van der Waals surface area contributed by atoms with Crippen LogP contribution in [0.15, 0.2) is 30.3 Å². The van der Waals surface area contributed by atoms with Crippen LogP contribution in [-0.2, 0) is 17.8 Å². The largest absolute Gasteiger partial charge is 0.356 e. The van der Waals surface area contributed by atoms with Gasteiger partial charge in [0.05, 0.1) is 11.7 Å². The molecule has 1 fully saturated rings. The lowest BCUT2D eigenvalue weighted by Crippen LogP contribution is -2.33. The number of carbonyl (C=O) groups is 1. The van der Waals surface area contributed by atoms with Crippen molar-refractivity contribution in [3.63, 3.8) is 0 Å². The molecule has 3 aromatic rings. The number of likely N-dealkylation sites (tertiary alicyclic amines) is 1. The summed E-state index contributed by atoms with van der Waals surface area (Å²) < 4.78 is 1.99. The highest BCUT2D eigenvalue weighted by Gasteiger charge is 2.27. The van der Waals surface area contributed by atoms with E-state index in [-0.39, 0.29) is 5.91 Å². The quantitative estimate of drug-likeness (QED) is 0.537. The van der Waals surface area contributed by atoms with E-state index in [1.165, 1.54) is 24.0 Å². The third-order valence-corrected chi connectivity index (χ3v) is 6.78. The standard InChI is InChI=1S/C27H37N5O/c1-5-14-28-27(33)13-12-23-20(3)29-26-17-24(30-32(26)21(23)4)25-11-6-7-15-31(25)18-22-10-8-9-19(2)16-22/h8-10,16-17,25H,5-7,11-15,18H2,1-4H3,(H,28,33). The van der Waals surface area contributed by atoms with Gasteiger partial charge in [-0.2, -0.15) is 5.10 Å². The average molecular weight is 448 g/mol. The molecule has 6 heteroatoms. The van der Waals surface area contributed by atoms with Gasteiger partial charge in [-0.3, -0.25) is 9.69 Å². The second kappa shape index (κ2) is 10.5. The number of benzene rings is 1. The lowest BCUT2D eigenvalue weighted by molar-refractivity contribution is -0.121. The van der Waals surface area contributed by atoms with Gasteiger partial charge in [0.25, 0.3) is 0 Å². The molecule has 6 nitrogen and oxygen atoms in total. The molecule has 1 atom stereocenters. The Bertz CT molecular complexity index is 1120. The highest BCUT2D eigenvalue weighted by Crippen LogP contribution is 2.32. The molecule has 0 aliphatic carbocycles. The molecule has 3 heterocycles. The molecule has 33 heavy (non-hydrogen) atoms. The Morgan fingerprint density at radius 1 is 1.18 bits per heavy atom. The summed E-state index contributed by atoms with van der Waals surface area (Å²) in [4.78, 5) is 19.6. The van der Waals surface area contributed by atoms with Crippen LogP contribution < -0.4 is 5.32 Å². The topological polar surface area (TPSA) is 62.5 Å². The third kappa shape index (κ3) is 5.44. The Balaban J connectivity index is 1.57. The van der Waals surface area contributed by atoms with Gasteiger partial charge in [-0.05, 0) is 64.1 Å². The van der Waals surface area contributed by atoms with Crippen molar-refractivity contribution in [1.29, 1.82) is 0 Å². The first-order chi connectivity index (χ1) is 16.0. The number of piperidine rings is 1. The van der Waals surface area contributed by atoms with E-state index in [1.54, 1.807) is 0 Å². The van der Waals surface area contributed by atoms with E-state index in [1.807, 2.05) is 11.4 Å². The van der Waals surface area contributed by atoms with Gasteiger partial charge in [-0.25, -0.2) is 9.50 Å². The molecule has 4 rings (SSSR count). The van der Waals surface area contributed by atoms with Gasteiger partial charge in [-0.15, -0.1) is 0 Å². The number of hydrogen-bond acceptors (Lipinski definition) is 4. The van der Waals surface area contributed by atoms with E-state index in [0.29, 0.717) is 18.9 Å². The summed E-state index contributed by atoms with van der Waals surface area (Å²) in [5.41, 5.74) is 7.89. The number of rotatable bonds is 8. The monoisotopic (exact) mass is 447 g/mol. The van der Waals surface area contributed by atoms with Crippen molar-refractivity contribution in [3.05, 3.63) is 64.1 Å². The molecule has 1 saturated heterocycles. The molecule has 1 aromatic carbocycles. The Morgan fingerprint density at radius 2 is 2.03 bits per heavy atom. The summed E-state index contributed by atoms with van der Waals surface area (Å²) in [5.74, 6) is 0.103. The first-order valence-electron chi connectivity index (χ1n) is 12.4. The summed E-state index contributed by atoms with van der Waals surface area (Å²) in [6.45, 7) is 11.1. The highest BCUT2D eigenvalue weighted by atomic mass is 16.1. The Kier molecular flexibility index (Phi) is 7.43. The highest BCUT2D eigenvalue weighted by molar-refractivity contribution is 5.76. The average Bonchev–Trinajstić information content (AvgIpc) is 3.22. The van der Waals surface area contributed by atoms with Gasteiger partial charge < -0.3 is 5.32 Å². The fourth-order valence-electron chi connectivity index (χ4n) is 5.02. The van der Waals surface area contributed by atoms with E-state index in [2.05, 4.69) is 61.3 Å². The number of aryl methyl sites for hydroxylation is 3. The maximum absolute atomic E-state index is 12.1.